The Hall–Kier alpha value is -1.90. The van der Waals surface area contributed by atoms with Gasteiger partial charge in [-0.3, -0.25) is 0 Å². The van der Waals surface area contributed by atoms with Crippen LogP contribution in [0.25, 0.3) is 0 Å². The number of aromatic nitrogens is 2. The molecular formula is C15H19N3O4S. The van der Waals surface area contributed by atoms with Crippen LogP contribution in [0.5, 0.6) is 5.75 Å². The topological polar surface area (TPSA) is 84.5 Å². The van der Waals surface area contributed by atoms with E-state index in [0.29, 0.717) is 24.7 Å². The van der Waals surface area contributed by atoms with Crippen molar-refractivity contribution in [3.63, 3.8) is 0 Å². The molecule has 0 amide bonds. The van der Waals surface area contributed by atoms with E-state index in [2.05, 4.69) is 9.97 Å². The standard InChI is InChI=1S/C15H19N3O4S/c1-11-9-16-15(17-11)14-10-18(7-8-22-14)23(19,20)13-5-3-12(21-2)4-6-13/h3-6,9,14H,7-8,10H2,1-2H3,(H,16,17)/t14-/m1/s1. The predicted molar refractivity (Wildman–Crippen MR) is 83.8 cm³/mol. The van der Waals surface area contributed by atoms with Gasteiger partial charge in [0, 0.05) is 25.0 Å². The van der Waals surface area contributed by atoms with Crippen LogP contribution in [0.4, 0.5) is 0 Å². The zero-order valence-corrected chi connectivity index (χ0v) is 13.8. The Balaban J connectivity index is 1.81. The molecule has 7 nitrogen and oxygen atoms in total. The Morgan fingerprint density at radius 2 is 2.09 bits per heavy atom. The molecule has 1 aromatic heterocycles. The van der Waals surface area contributed by atoms with Gasteiger partial charge in [0.2, 0.25) is 10.0 Å². The minimum absolute atomic E-state index is 0.237. The summed E-state index contributed by atoms with van der Waals surface area (Å²) in [7, 11) is -2.02. The van der Waals surface area contributed by atoms with Crippen LogP contribution >= 0.6 is 0 Å². The van der Waals surface area contributed by atoms with Gasteiger partial charge in [0.15, 0.2) is 0 Å². The highest BCUT2D eigenvalue weighted by Crippen LogP contribution is 2.26. The molecule has 23 heavy (non-hydrogen) atoms. The van der Waals surface area contributed by atoms with Gasteiger partial charge in [-0.15, -0.1) is 0 Å². The lowest BCUT2D eigenvalue weighted by atomic mass is 10.3. The second kappa shape index (κ2) is 6.31. The Morgan fingerprint density at radius 3 is 2.70 bits per heavy atom. The van der Waals surface area contributed by atoms with Crippen molar-refractivity contribution in [2.24, 2.45) is 0 Å². The number of nitrogens with zero attached hydrogens (tertiary/aromatic N) is 2. The molecule has 1 fully saturated rings. The molecule has 8 heteroatoms. The van der Waals surface area contributed by atoms with E-state index >= 15 is 0 Å². The predicted octanol–water partition coefficient (Wildman–Crippen LogP) is 1.49. The number of rotatable bonds is 4. The molecule has 124 valence electrons. The summed E-state index contributed by atoms with van der Waals surface area (Å²) in [6.07, 6.45) is 1.32. The number of imidazole rings is 1. The van der Waals surface area contributed by atoms with E-state index in [-0.39, 0.29) is 17.5 Å². The van der Waals surface area contributed by atoms with Crippen molar-refractivity contribution in [1.29, 1.82) is 0 Å². The summed E-state index contributed by atoms with van der Waals surface area (Å²) in [5.74, 6) is 1.27. The molecule has 0 spiro atoms. The van der Waals surface area contributed by atoms with Crippen molar-refractivity contribution < 1.29 is 17.9 Å². The second-order valence-electron chi connectivity index (χ2n) is 5.35. The molecule has 1 N–H and O–H groups in total. The van der Waals surface area contributed by atoms with E-state index in [1.807, 2.05) is 6.92 Å². The van der Waals surface area contributed by atoms with E-state index in [4.69, 9.17) is 9.47 Å². The third-order valence-electron chi connectivity index (χ3n) is 3.75. The number of morpholine rings is 1. The molecular weight excluding hydrogens is 318 g/mol. The number of aromatic amines is 1. The second-order valence-corrected chi connectivity index (χ2v) is 7.29. The first-order valence-corrected chi connectivity index (χ1v) is 8.72. The highest BCUT2D eigenvalue weighted by Gasteiger charge is 2.32. The summed E-state index contributed by atoms with van der Waals surface area (Å²) in [6, 6.07) is 6.38. The quantitative estimate of drug-likeness (QED) is 0.914. The third kappa shape index (κ3) is 3.24. The molecule has 2 aromatic rings. The summed E-state index contributed by atoms with van der Waals surface area (Å²) in [4.78, 5) is 7.58. The van der Waals surface area contributed by atoms with Crippen LogP contribution in [-0.4, -0.2) is 49.5 Å². The molecule has 1 atom stereocenters. The van der Waals surface area contributed by atoms with E-state index in [1.54, 1.807) is 37.6 Å². The van der Waals surface area contributed by atoms with Crippen molar-refractivity contribution in [1.82, 2.24) is 14.3 Å². The minimum Gasteiger partial charge on any atom is -0.497 e. The number of benzene rings is 1. The molecule has 0 bridgehead atoms. The summed E-state index contributed by atoms with van der Waals surface area (Å²) >= 11 is 0. The fourth-order valence-corrected chi connectivity index (χ4v) is 3.93. The van der Waals surface area contributed by atoms with Crippen LogP contribution in [0.3, 0.4) is 0 Å². The molecule has 0 aliphatic carbocycles. The lowest BCUT2D eigenvalue weighted by Crippen LogP contribution is -2.42. The average Bonchev–Trinajstić information content (AvgIpc) is 3.01. The van der Waals surface area contributed by atoms with Crippen molar-refractivity contribution >= 4 is 10.0 Å². The van der Waals surface area contributed by atoms with Crippen LogP contribution in [0, 0.1) is 6.92 Å². The highest BCUT2D eigenvalue weighted by atomic mass is 32.2. The van der Waals surface area contributed by atoms with Crippen molar-refractivity contribution in [2.75, 3.05) is 26.8 Å². The van der Waals surface area contributed by atoms with E-state index in [1.165, 1.54) is 4.31 Å². The molecule has 0 unspecified atom stereocenters. The third-order valence-corrected chi connectivity index (χ3v) is 5.63. The minimum atomic E-state index is -3.57. The number of nitrogens with one attached hydrogen (secondary N) is 1. The largest absolute Gasteiger partial charge is 0.497 e. The SMILES string of the molecule is COc1ccc(S(=O)(=O)N2CCO[C@@H](c3ncc(C)[nH]3)C2)cc1. The van der Waals surface area contributed by atoms with Gasteiger partial charge in [-0.05, 0) is 31.2 Å². The van der Waals surface area contributed by atoms with E-state index < -0.39 is 10.0 Å². The number of aryl methyl sites for hydroxylation is 1. The van der Waals surface area contributed by atoms with Crippen LogP contribution in [0.2, 0.25) is 0 Å². The van der Waals surface area contributed by atoms with Gasteiger partial charge in [-0.1, -0.05) is 0 Å². The smallest absolute Gasteiger partial charge is 0.243 e. The molecule has 1 saturated heterocycles. The fourth-order valence-electron chi connectivity index (χ4n) is 2.50. The molecule has 1 aromatic carbocycles. The van der Waals surface area contributed by atoms with Crippen LogP contribution in [0.1, 0.15) is 17.6 Å². The maximum absolute atomic E-state index is 12.8. The molecule has 1 aliphatic heterocycles. The van der Waals surface area contributed by atoms with Gasteiger partial charge in [-0.2, -0.15) is 4.31 Å². The van der Waals surface area contributed by atoms with Crippen molar-refractivity contribution in [2.45, 2.75) is 17.9 Å². The fraction of sp³-hybridized carbons (Fsp3) is 0.400. The lowest BCUT2D eigenvalue weighted by Gasteiger charge is -2.31. The maximum Gasteiger partial charge on any atom is 0.243 e. The number of sulfonamides is 1. The van der Waals surface area contributed by atoms with Gasteiger partial charge >= 0.3 is 0 Å². The summed E-state index contributed by atoms with van der Waals surface area (Å²) in [5.41, 5.74) is 0.915. The zero-order chi connectivity index (χ0) is 16.4. The highest BCUT2D eigenvalue weighted by molar-refractivity contribution is 7.89. The van der Waals surface area contributed by atoms with Gasteiger partial charge in [0.25, 0.3) is 0 Å². The van der Waals surface area contributed by atoms with Gasteiger partial charge in [-0.25, -0.2) is 13.4 Å². The Bertz CT molecular complexity index is 770. The molecule has 3 rings (SSSR count). The number of ether oxygens (including phenoxy) is 2. The molecule has 1 aliphatic rings. The monoisotopic (exact) mass is 337 g/mol. The first-order chi connectivity index (χ1) is 11.0. The van der Waals surface area contributed by atoms with Crippen LogP contribution in [0.15, 0.2) is 35.4 Å². The normalized spacial score (nSPS) is 19.7. The Morgan fingerprint density at radius 1 is 1.35 bits per heavy atom. The first kappa shape index (κ1) is 16.0. The van der Waals surface area contributed by atoms with Gasteiger partial charge < -0.3 is 14.5 Å². The number of H-pyrrole nitrogens is 1. The number of hydrogen-bond donors (Lipinski definition) is 1. The van der Waals surface area contributed by atoms with E-state index in [0.717, 1.165) is 5.69 Å². The zero-order valence-electron chi connectivity index (χ0n) is 13.0. The van der Waals surface area contributed by atoms with Crippen molar-refractivity contribution in [3.05, 3.63) is 42.0 Å². The van der Waals surface area contributed by atoms with Gasteiger partial charge in [0.1, 0.15) is 17.7 Å². The molecule has 0 radical (unpaired) electrons. The number of hydrogen-bond acceptors (Lipinski definition) is 5. The summed E-state index contributed by atoms with van der Waals surface area (Å²) in [6.45, 7) is 2.79. The molecule has 2 heterocycles. The maximum atomic E-state index is 12.8. The van der Waals surface area contributed by atoms with Crippen LogP contribution in [-0.2, 0) is 14.8 Å². The lowest BCUT2D eigenvalue weighted by molar-refractivity contribution is -0.00711. The van der Waals surface area contributed by atoms with E-state index in [9.17, 15) is 8.42 Å². The van der Waals surface area contributed by atoms with Crippen molar-refractivity contribution in [3.8, 4) is 5.75 Å². The number of methoxy groups -OCH3 is 1. The summed E-state index contributed by atoms with van der Waals surface area (Å²) in [5, 5.41) is 0. The summed E-state index contributed by atoms with van der Waals surface area (Å²) < 4.78 is 37.7. The van der Waals surface area contributed by atoms with Crippen LogP contribution < -0.4 is 4.74 Å². The molecule has 0 saturated carbocycles. The Labute approximate surface area is 135 Å². The first-order valence-electron chi connectivity index (χ1n) is 7.28. The Kier molecular flexibility index (Phi) is 4.38. The average molecular weight is 337 g/mol. The van der Waals surface area contributed by atoms with Gasteiger partial charge in [0.05, 0.1) is 18.6 Å².